The summed E-state index contributed by atoms with van der Waals surface area (Å²) in [5.74, 6) is 3.10. The number of hydrogen-bond acceptors (Lipinski definition) is 4. The molecule has 2 aromatic rings. The molecule has 1 N–H and O–H groups in total. The number of aryl methyl sites for hydroxylation is 2. The topological polar surface area (TPSA) is 71.2 Å². The highest BCUT2D eigenvalue weighted by Gasteiger charge is 2.30. The quantitative estimate of drug-likeness (QED) is 0.614. The Kier molecular flexibility index (Phi) is 7.31. The van der Waals surface area contributed by atoms with Gasteiger partial charge in [0.2, 0.25) is 5.91 Å². The lowest BCUT2D eigenvalue weighted by atomic mass is 9.78. The first kappa shape index (κ1) is 25.7. The van der Waals surface area contributed by atoms with Gasteiger partial charge in [0.15, 0.2) is 0 Å². The lowest BCUT2D eigenvalue weighted by Gasteiger charge is -2.33. The van der Waals surface area contributed by atoms with Crippen LogP contribution in [0.1, 0.15) is 114 Å². The summed E-state index contributed by atoms with van der Waals surface area (Å²) in [5.41, 5.74) is 2.71. The summed E-state index contributed by atoms with van der Waals surface area (Å²) in [6, 6.07) is 4.20. The first-order chi connectivity index (χ1) is 16.4. The van der Waals surface area contributed by atoms with Gasteiger partial charge in [-0.3, -0.25) is 4.79 Å². The van der Waals surface area contributed by atoms with Crippen LogP contribution in [0.2, 0.25) is 0 Å². The zero-order chi connectivity index (χ0) is 25.4. The van der Waals surface area contributed by atoms with Crippen molar-refractivity contribution < 1.29 is 9.90 Å². The summed E-state index contributed by atoms with van der Waals surface area (Å²) >= 11 is 0. The molecule has 0 spiro atoms. The molecule has 1 amide bonds. The highest BCUT2D eigenvalue weighted by atomic mass is 16.3. The van der Waals surface area contributed by atoms with Gasteiger partial charge >= 0.3 is 0 Å². The molecule has 1 aromatic carbocycles. The Labute approximate surface area is 211 Å². The summed E-state index contributed by atoms with van der Waals surface area (Å²) in [4.78, 5) is 15.3. The number of nitrogens with zero attached hydrogens (tertiary/aromatic N) is 4. The molecule has 2 aliphatic rings. The van der Waals surface area contributed by atoms with E-state index in [0.717, 1.165) is 67.2 Å². The van der Waals surface area contributed by atoms with Crippen molar-refractivity contribution in [1.29, 1.82) is 0 Å². The second-order valence-electron chi connectivity index (χ2n) is 12.7. The minimum Gasteiger partial charge on any atom is -0.507 e. The van der Waals surface area contributed by atoms with Crippen molar-refractivity contribution in [2.24, 2.45) is 0 Å². The number of hydrogen-bond donors (Lipinski definition) is 1. The minimum absolute atomic E-state index is 0.166. The number of likely N-dealkylation sites (tertiary alicyclic amines) is 1. The number of benzene rings is 1. The van der Waals surface area contributed by atoms with E-state index in [2.05, 4.69) is 68.4 Å². The van der Waals surface area contributed by atoms with Gasteiger partial charge in [-0.05, 0) is 59.6 Å². The molecule has 1 aromatic heterocycles. The summed E-state index contributed by atoms with van der Waals surface area (Å²) < 4.78 is 2.34. The SMILES string of the molecule is CC(C)(C)c1cc(CCC(=O)N2CCC[C@@H](c3nnc4n3CCCCC4)C2)cc(C(C)(C)C)c1O. The largest absolute Gasteiger partial charge is 0.507 e. The second kappa shape index (κ2) is 9.94. The Morgan fingerprint density at radius 3 is 2.31 bits per heavy atom. The molecule has 0 saturated carbocycles. The zero-order valence-electron chi connectivity index (χ0n) is 22.7. The van der Waals surface area contributed by atoms with Gasteiger partial charge < -0.3 is 14.6 Å². The maximum absolute atomic E-state index is 13.3. The molecular weight excluding hydrogens is 436 g/mol. The lowest BCUT2D eigenvalue weighted by Crippen LogP contribution is -2.40. The smallest absolute Gasteiger partial charge is 0.222 e. The molecule has 3 heterocycles. The van der Waals surface area contributed by atoms with Gasteiger partial charge in [0, 0.05) is 38.4 Å². The monoisotopic (exact) mass is 480 g/mol. The van der Waals surface area contributed by atoms with Gasteiger partial charge in [-0.2, -0.15) is 0 Å². The van der Waals surface area contributed by atoms with Crippen LogP contribution in [0.5, 0.6) is 5.75 Å². The highest BCUT2D eigenvalue weighted by molar-refractivity contribution is 5.76. The van der Waals surface area contributed by atoms with Gasteiger partial charge in [0.05, 0.1) is 0 Å². The van der Waals surface area contributed by atoms with E-state index in [1.807, 2.05) is 4.90 Å². The lowest BCUT2D eigenvalue weighted by molar-refractivity contribution is -0.132. The van der Waals surface area contributed by atoms with Gasteiger partial charge in [-0.1, -0.05) is 60.1 Å². The Hall–Kier alpha value is -2.37. The third-order valence-electron chi connectivity index (χ3n) is 7.69. The zero-order valence-corrected chi connectivity index (χ0v) is 22.7. The molecule has 1 saturated heterocycles. The molecule has 2 aliphatic heterocycles. The van der Waals surface area contributed by atoms with Crippen LogP contribution >= 0.6 is 0 Å². The van der Waals surface area contributed by atoms with Gasteiger partial charge in [0.1, 0.15) is 17.4 Å². The molecular formula is C29H44N4O2. The third-order valence-corrected chi connectivity index (χ3v) is 7.69. The van der Waals surface area contributed by atoms with Crippen LogP contribution in [-0.2, 0) is 35.0 Å². The predicted molar refractivity (Wildman–Crippen MR) is 140 cm³/mol. The van der Waals surface area contributed by atoms with E-state index in [9.17, 15) is 9.90 Å². The van der Waals surface area contributed by atoms with Crippen molar-refractivity contribution in [3.63, 3.8) is 0 Å². The minimum atomic E-state index is -0.166. The van der Waals surface area contributed by atoms with E-state index in [1.165, 1.54) is 19.3 Å². The number of fused-ring (bicyclic) bond motifs is 1. The number of phenolic OH excluding ortho intramolecular Hbond substituents is 1. The molecule has 35 heavy (non-hydrogen) atoms. The number of carbonyl (C=O) groups is 1. The summed E-state index contributed by atoms with van der Waals surface area (Å²) in [5, 5.41) is 20.1. The molecule has 4 rings (SSSR count). The van der Waals surface area contributed by atoms with Crippen molar-refractivity contribution in [2.75, 3.05) is 13.1 Å². The molecule has 192 valence electrons. The van der Waals surface area contributed by atoms with Crippen molar-refractivity contribution in [3.05, 3.63) is 40.5 Å². The van der Waals surface area contributed by atoms with Crippen LogP contribution in [0.4, 0.5) is 0 Å². The summed E-state index contributed by atoms with van der Waals surface area (Å²) in [7, 11) is 0. The maximum Gasteiger partial charge on any atom is 0.222 e. The Morgan fingerprint density at radius 2 is 1.66 bits per heavy atom. The molecule has 6 nitrogen and oxygen atoms in total. The fourth-order valence-corrected chi connectivity index (χ4v) is 5.62. The number of piperidine rings is 1. The Balaban J connectivity index is 1.47. The maximum atomic E-state index is 13.3. The first-order valence-electron chi connectivity index (χ1n) is 13.5. The summed E-state index contributed by atoms with van der Waals surface area (Å²) in [6.07, 6.45) is 7.91. The van der Waals surface area contributed by atoms with Crippen LogP contribution in [0.3, 0.4) is 0 Å². The molecule has 0 bridgehead atoms. The van der Waals surface area contributed by atoms with Crippen LogP contribution < -0.4 is 0 Å². The Bertz CT molecular complexity index is 1020. The molecule has 0 unspecified atom stereocenters. The second-order valence-corrected chi connectivity index (χ2v) is 12.7. The molecule has 0 aliphatic carbocycles. The number of carbonyl (C=O) groups excluding carboxylic acids is 1. The third kappa shape index (κ3) is 5.73. The predicted octanol–water partition coefficient (Wildman–Crippen LogP) is 5.64. The van der Waals surface area contributed by atoms with Gasteiger partial charge in [0.25, 0.3) is 0 Å². The van der Waals surface area contributed by atoms with Crippen LogP contribution in [0, 0.1) is 0 Å². The number of amides is 1. The van der Waals surface area contributed by atoms with Gasteiger partial charge in [-0.15, -0.1) is 10.2 Å². The first-order valence-corrected chi connectivity index (χ1v) is 13.5. The molecule has 1 atom stereocenters. The molecule has 6 heteroatoms. The fourth-order valence-electron chi connectivity index (χ4n) is 5.62. The van der Waals surface area contributed by atoms with Crippen LogP contribution in [0.15, 0.2) is 12.1 Å². The number of phenols is 1. The molecule has 1 fully saturated rings. The average Bonchev–Trinajstić information content (AvgIpc) is 3.04. The van der Waals surface area contributed by atoms with E-state index >= 15 is 0 Å². The van der Waals surface area contributed by atoms with E-state index in [-0.39, 0.29) is 22.7 Å². The fraction of sp³-hybridized carbons (Fsp3) is 0.690. The number of aromatic hydroxyl groups is 1. The number of rotatable bonds is 4. The van der Waals surface area contributed by atoms with E-state index in [0.29, 0.717) is 18.6 Å². The van der Waals surface area contributed by atoms with Crippen molar-refractivity contribution >= 4 is 5.91 Å². The van der Waals surface area contributed by atoms with Crippen molar-refractivity contribution in [1.82, 2.24) is 19.7 Å². The van der Waals surface area contributed by atoms with E-state index < -0.39 is 0 Å². The normalized spacial score (nSPS) is 19.4. The average molecular weight is 481 g/mol. The van der Waals surface area contributed by atoms with E-state index in [4.69, 9.17) is 0 Å². The molecule has 0 radical (unpaired) electrons. The van der Waals surface area contributed by atoms with Crippen LogP contribution in [0.25, 0.3) is 0 Å². The Morgan fingerprint density at radius 1 is 0.971 bits per heavy atom. The van der Waals surface area contributed by atoms with Gasteiger partial charge in [-0.25, -0.2) is 0 Å². The van der Waals surface area contributed by atoms with Crippen molar-refractivity contribution in [2.45, 2.75) is 116 Å². The standard InChI is InChI=1S/C29H44N4O2/c1-28(2,3)22-17-20(18-23(26(22)35)29(4,5)6)13-14-25(34)32-15-10-11-21(19-32)27-31-30-24-12-8-7-9-16-33(24)27/h17-18,21,35H,7-16,19H2,1-6H3/t21-/m1/s1. The van der Waals surface area contributed by atoms with Crippen LogP contribution in [-0.4, -0.2) is 43.8 Å². The summed E-state index contributed by atoms with van der Waals surface area (Å²) in [6.45, 7) is 15.3. The van der Waals surface area contributed by atoms with Crippen molar-refractivity contribution in [3.8, 4) is 5.75 Å². The van der Waals surface area contributed by atoms with E-state index in [1.54, 1.807) is 0 Å². The number of aromatic nitrogens is 3. The highest BCUT2D eigenvalue weighted by Crippen LogP contribution is 2.40.